The highest BCUT2D eigenvalue weighted by Gasteiger charge is 2.21. The highest BCUT2D eigenvalue weighted by atomic mass is 16.5. The Hall–Kier alpha value is -2.62. The molecule has 0 fully saturated rings. The molecule has 0 unspecified atom stereocenters. The van der Waals surface area contributed by atoms with Gasteiger partial charge in [0.05, 0.1) is 19.4 Å². The number of allylic oxidation sites excluding steroid dienone is 2. The summed E-state index contributed by atoms with van der Waals surface area (Å²) in [5.41, 5.74) is 4.74. The molecule has 24 heavy (non-hydrogen) atoms. The van der Waals surface area contributed by atoms with Crippen LogP contribution >= 0.6 is 0 Å². The van der Waals surface area contributed by atoms with E-state index in [1.807, 2.05) is 30.3 Å². The van der Waals surface area contributed by atoms with Crippen molar-refractivity contribution in [1.82, 2.24) is 4.98 Å². The minimum Gasteiger partial charge on any atom is -0.496 e. The van der Waals surface area contributed by atoms with Crippen LogP contribution in [0.3, 0.4) is 0 Å². The van der Waals surface area contributed by atoms with Crippen LogP contribution in [0, 0.1) is 0 Å². The second-order valence-electron chi connectivity index (χ2n) is 5.64. The maximum Gasteiger partial charge on any atom is 0.356 e. The average molecular weight is 323 g/mol. The molecule has 1 aromatic heterocycles. The van der Waals surface area contributed by atoms with Crippen LogP contribution < -0.4 is 4.74 Å². The van der Waals surface area contributed by atoms with Gasteiger partial charge in [0, 0.05) is 5.56 Å². The molecule has 0 bridgehead atoms. The number of hydrogen-bond acceptors (Lipinski definition) is 4. The Balaban J connectivity index is 2.04. The van der Waals surface area contributed by atoms with Gasteiger partial charge in [-0.3, -0.25) is 0 Å². The standard InChI is InChI=1S/C20H21NO3/c1-3-24-20(22)18-12-7-11-17(21-18)15-10-6-9-14(15)16-8-4-5-13-19(16)23-2/h4-5,7-8,11-13H,3,6,9-10H2,1-2H3. The van der Waals surface area contributed by atoms with Gasteiger partial charge in [0.1, 0.15) is 11.4 Å². The number of carbonyl (C=O) groups is 1. The third-order valence-corrected chi connectivity index (χ3v) is 4.19. The maximum absolute atomic E-state index is 11.9. The number of esters is 1. The van der Waals surface area contributed by atoms with Crippen molar-refractivity contribution in [2.24, 2.45) is 0 Å². The molecular formula is C20H21NO3. The SMILES string of the molecule is CCOC(=O)c1cccc(C2=C(c3ccccc3OC)CCC2)n1. The molecule has 1 heterocycles. The fourth-order valence-corrected chi connectivity index (χ4v) is 3.14. The molecule has 1 aliphatic rings. The number of rotatable bonds is 5. The van der Waals surface area contributed by atoms with E-state index < -0.39 is 0 Å². The van der Waals surface area contributed by atoms with Crippen molar-refractivity contribution in [2.75, 3.05) is 13.7 Å². The Morgan fingerprint density at radius 1 is 1.08 bits per heavy atom. The summed E-state index contributed by atoms with van der Waals surface area (Å²) >= 11 is 0. The first-order chi connectivity index (χ1) is 11.7. The Morgan fingerprint density at radius 3 is 2.67 bits per heavy atom. The second-order valence-corrected chi connectivity index (χ2v) is 5.64. The van der Waals surface area contributed by atoms with Crippen LogP contribution in [0.2, 0.25) is 0 Å². The topological polar surface area (TPSA) is 48.4 Å². The number of carbonyl (C=O) groups excluding carboxylic acids is 1. The molecule has 4 nitrogen and oxygen atoms in total. The average Bonchev–Trinajstić information content (AvgIpc) is 3.11. The number of hydrogen-bond donors (Lipinski definition) is 0. The number of aromatic nitrogens is 1. The van der Waals surface area contributed by atoms with E-state index in [-0.39, 0.29) is 5.97 Å². The van der Waals surface area contributed by atoms with Gasteiger partial charge in [-0.1, -0.05) is 24.3 Å². The van der Waals surface area contributed by atoms with Gasteiger partial charge in [-0.15, -0.1) is 0 Å². The molecule has 0 saturated heterocycles. The van der Waals surface area contributed by atoms with Crippen molar-refractivity contribution >= 4 is 17.1 Å². The van der Waals surface area contributed by atoms with Crippen LogP contribution in [0.15, 0.2) is 42.5 Å². The molecule has 0 aliphatic heterocycles. The van der Waals surface area contributed by atoms with Gasteiger partial charge in [-0.05, 0) is 55.5 Å². The normalized spacial score (nSPS) is 13.9. The molecular weight excluding hydrogens is 302 g/mol. The lowest BCUT2D eigenvalue weighted by molar-refractivity contribution is 0.0519. The Bertz CT molecular complexity index is 780. The molecule has 0 N–H and O–H groups in total. The molecule has 0 amide bonds. The first-order valence-corrected chi connectivity index (χ1v) is 8.24. The minimum absolute atomic E-state index is 0.347. The zero-order valence-corrected chi connectivity index (χ0v) is 14.0. The van der Waals surface area contributed by atoms with Gasteiger partial charge in [0.15, 0.2) is 0 Å². The lowest BCUT2D eigenvalue weighted by Gasteiger charge is -2.12. The molecule has 1 aliphatic carbocycles. The lowest BCUT2D eigenvalue weighted by atomic mass is 9.99. The van der Waals surface area contributed by atoms with Gasteiger partial charge in [-0.25, -0.2) is 9.78 Å². The minimum atomic E-state index is -0.378. The predicted molar refractivity (Wildman–Crippen MR) is 93.9 cm³/mol. The number of ether oxygens (including phenoxy) is 2. The van der Waals surface area contributed by atoms with Crippen LogP contribution in [-0.4, -0.2) is 24.7 Å². The highest BCUT2D eigenvalue weighted by Crippen LogP contribution is 2.42. The van der Waals surface area contributed by atoms with Gasteiger partial charge in [0.25, 0.3) is 0 Å². The molecule has 0 saturated carbocycles. The quantitative estimate of drug-likeness (QED) is 0.767. The Labute approximate surface area is 142 Å². The van der Waals surface area contributed by atoms with E-state index >= 15 is 0 Å². The number of benzene rings is 1. The second kappa shape index (κ2) is 7.30. The summed E-state index contributed by atoms with van der Waals surface area (Å²) in [6, 6.07) is 13.5. The highest BCUT2D eigenvalue weighted by molar-refractivity contribution is 5.94. The van der Waals surface area contributed by atoms with Crippen LogP contribution in [0.25, 0.3) is 11.1 Å². The largest absolute Gasteiger partial charge is 0.496 e. The van der Waals surface area contributed by atoms with Gasteiger partial charge < -0.3 is 9.47 Å². The summed E-state index contributed by atoms with van der Waals surface area (Å²) in [5.74, 6) is 0.491. The first-order valence-electron chi connectivity index (χ1n) is 8.24. The van der Waals surface area contributed by atoms with Crippen molar-refractivity contribution < 1.29 is 14.3 Å². The number of pyridine rings is 1. The number of methoxy groups -OCH3 is 1. The van der Waals surface area contributed by atoms with Crippen molar-refractivity contribution in [3.8, 4) is 5.75 Å². The van der Waals surface area contributed by atoms with E-state index in [4.69, 9.17) is 9.47 Å². The summed E-state index contributed by atoms with van der Waals surface area (Å²) in [6.45, 7) is 2.14. The summed E-state index contributed by atoms with van der Waals surface area (Å²) in [6.07, 6.45) is 3.02. The number of para-hydroxylation sites is 1. The van der Waals surface area contributed by atoms with Crippen molar-refractivity contribution in [1.29, 1.82) is 0 Å². The van der Waals surface area contributed by atoms with E-state index in [0.717, 1.165) is 36.3 Å². The Kier molecular flexibility index (Phi) is 4.94. The smallest absolute Gasteiger partial charge is 0.356 e. The van der Waals surface area contributed by atoms with E-state index in [0.29, 0.717) is 12.3 Å². The maximum atomic E-state index is 11.9. The molecule has 4 heteroatoms. The molecule has 0 radical (unpaired) electrons. The number of nitrogens with zero attached hydrogens (tertiary/aromatic N) is 1. The monoisotopic (exact) mass is 323 g/mol. The summed E-state index contributed by atoms with van der Waals surface area (Å²) in [5, 5.41) is 0. The lowest BCUT2D eigenvalue weighted by Crippen LogP contribution is -2.08. The van der Waals surface area contributed by atoms with Gasteiger partial charge >= 0.3 is 5.97 Å². The van der Waals surface area contributed by atoms with E-state index in [9.17, 15) is 4.79 Å². The fraction of sp³-hybridized carbons (Fsp3) is 0.300. The van der Waals surface area contributed by atoms with Crippen LogP contribution in [0.1, 0.15) is 47.9 Å². The zero-order chi connectivity index (χ0) is 16.9. The van der Waals surface area contributed by atoms with Gasteiger partial charge in [-0.2, -0.15) is 0 Å². The first kappa shape index (κ1) is 16.2. The van der Waals surface area contributed by atoms with Crippen LogP contribution in [0.4, 0.5) is 0 Å². The van der Waals surface area contributed by atoms with Crippen molar-refractivity contribution in [3.63, 3.8) is 0 Å². The van der Waals surface area contributed by atoms with E-state index in [1.54, 1.807) is 20.1 Å². The predicted octanol–water partition coefficient (Wildman–Crippen LogP) is 4.36. The van der Waals surface area contributed by atoms with Crippen molar-refractivity contribution in [3.05, 3.63) is 59.4 Å². The Morgan fingerprint density at radius 2 is 1.88 bits per heavy atom. The van der Waals surface area contributed by atoms with E-state index in [1.165, 1.54) is 11.1 Å². The van der Waals surface area contributed by atoms with Crippen molar-refractivity contribution in [2.45, 2.75) is 26.2 Å². The molecule has 0 atom stereocenters. The molecule has 124 valence electrons. The molecule has 2 aromatic rings. The fourth-order valence-electron chi connectivity index (χ4n) is 3.14. The third-order valence-electron chi connectivity index (χ3n) is 4.19. The molecule has 0 spiro atoms. The summed E-state index contributed by atoms with van der Waals surface area (Å²) in [4.78, 5) is 16.5. The summed E-state index contributed by atoms with van der Waals surface area (Å²) < 4.78 is 10.6. The van der Waals surface area contributed by atoms with E-state index in [2.05, 4.69) is 11.1 Å². The van der Waals surface area contributed by atoms with Crippen LogP contribution in [0.5, 0.6) is 5.75 Å². The van der Waals surface area contributed by atoms with Crippen LogP contribution in [-0.2, 0) is 4.74 Å². The third kappa shape index (κ3) is 3.18. The molecule has 1 aromatic carbocycles. The zero-order valence-electron chi connectivity index (χ0n) is 14.0. The summed E-state index contributed by atoms with van der Waals surface area (Å²) in [7, 11) is 1.69. The van der Waals surface area contributed by atoms with Gasteiger partial charge in [0.2, 0.25) is 0 Å². The molecule has 3 rings (SSSR count).